The number of ketones is 1. The molecule has 3 N–H and O–H groups in total. The number of H-pyrrole nitrogens is 1. The van der Waals surface area contributed by atoms with Gasteiger partial charge in [0.2, 0.25) is 0 Å². The molecule has 2 aliphatic rings. The standard InChI is InChI=1S/C24H34N4O4/c1-4-28(5-2)14-13-25-21(30)16-32-17-9-11-24(3,12-10-17)27-23(31)18-15-26-19-7-6-8-20(29)22(18)19/h9-11,15,26H,4-8,12-14,16H2,1-3H3,(H,25,30)(H,27,31). The number of fused-ring (bicyclic) bond motifs is 1. The predicted molar refractivity (Wildman–Crippen MR) is 123 cm³/mol. The van der Waals surface area contributed by atoms with Crippen LogP contribution in [0.15, 0.2) is 30.2 Å². The summed E-state index contributed by atoms with van der Waals surface area (Å²) >= 11 is 0. The van der Waals surface area contributed by atoms with Crippen LogP contribution in [0.1, 0.15) is 66.4 Å². The summed E-state index contributed by atoms with van der Waals surface area (Å²) < 4.78 is 5.60. The van der Waals surface area contributed by atoms with Gasteiger partial charge in [-0.1, -0.05) is 19.9 Å². The number of nitrogens with one attached hydrogen (secondary N) is 3. The molecule has 1 unspecified atom stereocenters. The zero-order chi connectivity index (χ0) is 23.1. The van der Waals surface area contributed by atoms with Gasteiger partial charge in [0.15, 0.2) is 12.4 Å². The van der Waals surface area contributed by atoms with Gasteiger partial charge in [0.25, 0.3) is 11.8 Å². The summed E-state index contributed by atoms with van der Waals surface area (Å²) in [5.41, 5.74) is 1.19. The van der Waals surface area contributed by atoms with Crippen LogP contribution in [0.5, 0.6) is 0 Å². The zero-order valence-electron chi connectivity index (χ0n) is 19.3. The van der Waals surface area contributed by atoms with Crippen LogP contribution in [0.25, 0.3) is 0 Å². The van der Waals surface area contributed by atoms with Crippen molar-refractivity contribution in [3.63, 3.8) is 0 Å². The van der Waals surface area contributed by atoms with Crippen molar-refractivity contribution in [2.24, 2.45) is 0 Å². The minimum atomic E-state index is -0.599. The van der Waals surface area contributed by atoms with Crippen molar-refractivity contribution < 1.29 is 19.1 Å². The van der Waals surface area contributed by atoms with E-state index in [1.165, 1.54) is 0 Å². The summed E-state index contributed by atoms with van der Waals surface area (Å²) in [5, 5.41) is 5.88. The molecule has 8 heteroatoms. The van der Waals surface area contributed by atoms with E-state index in [0.29, 0.717) is 36.3 Å². The van der Waals surface area contributed by atoms with E-state index < -0.39 is 5.54 Å². The number of allylic oxidation sites excluding steroid dienone is 1. The SMILES string of the molecule is CCN(CC)CCNC(=O)COC1=CCC(C)(NC(=O)c2c[nH]c3c2C(=O)CCC3)C=C1. The van der Waals surface area contributed by atoms with Crippen LogP contribution in [0.3, 0.4) is 0 Å². The van der Waals surface area contributed by atoms with E-state index in [2.05, 4.69) is 34.4 Å². The molecule has 1 aromatic rings. The van der Waals surface area contributed by atoms with Crippen LogP contribution in [-0.2, 0) is 16.0 Å². The third kappa shape index (κ3) is 5.88. The lowest BCUT2D eigenvalue weighted by molar-refractivity contribution is -0.124. The van der Waals surface area contributed by atoms with Crippen molar-refractivity contribution in [2.45, 2.75) is 52.0 Å². The molecule has 0 saturated carbocycles. The maximum atomic E-state index is 12.9. The van der Waals surface area contributed by atoms with Crippen LogP contribution in [0, 0.1) is 0 Å². The number of hydrogen-bond donors (Lipinski definition) is 3. The number of likely N-dealkylation sites (N-methyl/N-ethyl adjacent to an activating group) is 1. The Bertz CT molecular complexity index is 913. The van der Waals surface area contributed by atoms with Crippen molar-refractivity contribution in [1.82, 2.24) is 20.5 Å². The molecule has 0 bridgehead atoms. The monoisotopic (exact) mass is 442 g/mol. The molecule has 2 amide bonds. The number of nitrogens with zero attached hydrogens (tertiary/aromatic N) is 1. The van der Waals surface area contributed by atoms with Gasteiger partial charge < -0.3 is 25.3 Å². The number of aromatic nitrogens is 1. The summed E-state index contributed by atoms with van der Waals surface area (Å²) in [5.74, 6) is 0.197. The van der Waals surface area contributed by atoms with Gasteiger partial charge in [-0.2, -0.15) is 0 Å². The van der Waals surface area contributed by atoms with Gasteiger partial charge >= 0.3 is 0 Å². The molecule has 32 heavy (non-hydrogen) atoms. The Hall–Kier alpha value is -2.87. The molecule has 1 heterocycles. The smallest absolute Gasteiger partial charge is 0.257 e. The lowest BCUT2D eigenvalue weighted by atomic mass is 9.91. The molecular formula is C24H34N4O4. The second kappa shape index (κ2) is 10.6. The third-order valence-corrected chi connectivity index (χ3v) is 6.07. The lowest BCUT2D eigenvalue weighted by Crippen LogP contribution is -2.45. The fourth-order valence-corrected chi connectivity index (χ4v) is 4.05. The van der Waals surface area contributed by atoms with Crippen molar-refractivity contribution in [1.29, 1.82) is 0 Å². The number of hydrogen-bond acceptors (Lipinski definition) is 5. The van der Waals surface area contributed by atoms with E-state index in [0.717, 1.165) is 38.2 Å². The van der Waals surface area contributed by atoms with E-state index in [-0.39, 0.29) is 24.2 Å². The van der Waals surface area contributed by atoms with Crippen LogP contribution < -0.4 is 10.6 Å². The molecule has 2 aliphatic carbocycles. The Morgan fingerprint density at radius 3 is 2.72 bits per heavy atom. The molecule has 1 atom stereocenters. The largest absolute Gasteiger partial charge is 0.484 e. The molecule has 0 saturated heterocycles. The summed E-state index contributed by atoms with van der Waals surface area (Å²) in [6, 6.07) is 0. The average Bonchev–Trinajstić information content (AvgIpc) is 3.22. The minimum absolute atomic E-state index is 0.0212. The first-order chi connectivity index (χ1) is 15.3. The number of carbonyl (C=O) groups excluding carboxylic acids is 3. The van der Waals surface area contributed by atoms with Gasteiger partial charge in [0.05, 0.1) is 16.7 Å². The third-order valence-electron chi connectivity index (χ3n) is 6.07. The highest BCUT2D eigenvalue weighted by atomic mass is 16.5. The molecule has 8 nitrogen and oxygen atoms in total. The second-order valence-electron chi connectivity index (χ2n) is 8.51. The first-order valence-electron chi connectivity index (χ1n) is 11.4. The highest BCUT2D eigenvalue weighted by Gasteiger charge is 2.30. The summed E-state index contributed by atoms with van der Waals surface area (Å²) in [6.07, 6.45) is 9.73. The maximum absolute atomic E-state index is 12.9. The van der Waals surface area contributed by atoms with E-state index in [9.17, 15) is 14.4 Å². The summed E-state index contributed by atoms with van der Waals surface area (Å²) in [6.45, 7) is 9.38. The Labute approximate surface area is 189 Å². The van der Waals surface area contributed by atoms with Crippen molar-refractivity contribution in [3.8, 4) is 0 Å². The van der Waals surface area contributed by atoms with Crippen molar-refractivity contribution >= 4 is 17.6 Å². The number of amides is 2. The fraction of sp³-hybridized carbons (Fsp3) is 0.542. The van der Waals surface area contributed by atoms with E-state index in [1.54, 1.807) is 12.3 Å². The van der Waals surface area contributed by atoms with Gasteiger partial charge in [-0.3, -0.25) is 14.4 Å². The highest BCUT2D eigenvalue weighted by Crippen LogP contribution is 2.26. The number of carbonyl (C=O) groups is 3. The number of ether oxygens (including phenoxy) is 1. The summed E-state index contributed by atoms with van der Waals surface area (Å²) in [7, 11) is 0. The molecule has 174 valence electrons. The molecular weight excluding hydrogens is 408 g/mol. The highest BCUT2D eigenvalue weighted by molar-refractivity contribution is 6.09. The number of aryl methyl sites for hydroxylation is 1. The minimum Gasteiger partial charge on any atom is -0.484 e. The molecule has 0 aromatic carbocycles. The number of aromatic amines is 1. The molecule has 3 rings (SSSR count). The van der Waals surface area contributed by atoms with Crippen molar-refractivity contribution in [2.75, 3.05) is 32.8 Å². The van der Waals surface area contributed by atoms with E-state index in [1.807, 2.05) is 19.1 Å². The quantitative estimate of drug-likeness (QED) is 0.516. The van der Waals surface area contributed by atoms with Crippen LogP contribution in [0.4, 0.5) is 0 Å². The van der Waals surface area contributed by atoms with Gasteiger partial charge in [-0.25, -0.2) is 0 Å². The Morgan fingerprint density at radius 2 is 2.03 bits per heavy atom. The Balaban J connectivity index is 1.47. The number of Topliss-reactive ketones (excluding diaryl/α,β-unsaturated/α-hetero) is 1. The normalized spacial score (nSPS) is 20.0. The lowest BCUT2D eigenvalue weighted by Gasteiger charge is -2.29. The van der Waals surface area contributed by atoms with E-state index in [4.69, 9.17) is 4.74 Å². The van der Waals surface area contributed by atoms with Gasteiger partial charge in [-0.15, -0.1) is 0 Å². The van der Waals surface area contributed by atoms with Crippen LogP contribution >= 0.6 is 0 Å². The zero-order valence-corrected chi connectivity index (χ0v) is 19.3. The van der Waals surface area contributed by atoms with E-state index >= 15 is 0 Å². The van der Waals surface area contributed by atoms with Crippen LogP contribution in [0.2, 0.25) is 0 Å². The number of rotatable bonds is 10. The fourth-order valence-electron chi connectivity index (χ4n) is 4.05. The topological polar surface area (TPSA) is 104 Å². The second-order valence-corrected chi connectivity index (χ2v) is 8.51. The molecule has 1 aromatic heterocycles. The predicted octanol–water partition coefficient (Wildman–Crippen LogP) is 2.34. The Morgan fingerprint density at radius 1 is 1.25 bits per heavy atom. The molecule has 0 radical (unpaired) electrons. The first-order valence-corrected chi connectivity index (χ1v) is 11.4. The molecule has 0 spiro atoms. The Kier molecular flexibility index (Phi) is 7.90. The average molecular weight is 443 g/mol. The van der Waals surface area contributed by atoms with Gasteiger partial charge in [-0.05, 0) is 51.4 Å². The maximum Gasteiger partial charge on any atom is 0.257 e. The van der Waals surface area contributed by atoms with Crippen LogP contribution in [-0.4, -0.2) is 65.8 Å². The molecule has 0 aliphatic heterocycles. The van der Waals surface area contributed by atoms with Gasteiger partial charge in [0.1, 0.15) is 5.76 Å². The van der Waals surface area contributed by atoms with Gasteiger partial charge in [0, 0.05) is 31.4 Å². The van der Waals surface area contributed by atoms with Crippen molar-refractivity contribution in [3.05, 3.63) is 47.0 Å². The molecule has 0 fully saturated rings. The first kappa shape index (κ1) is 23.8. The summed E-state index contributed by atoms with van der Waals surface area (Å²) in [4.78, 5) is 42.4.